The summed E-state index contributed by atoms with van der Waals surface area (Å²) < 4.78 is 0. The summed E-state index contributed by atoms with van der Waals surface area (Å²) in [6.45, 7) is 14.9. The molecule has 0 aliphatic heterocycles. The molecule has 96 valence electrons. The van der Waals surface area contributed by atoms with Crippen molar-refractivity contribution >= 4 is 11.6 Å². The van der Waals surface area contributed by atoms with Crippen LogP contribution in [0, 0.1) is 0 Å². The Morgan fingerprint density at radius 2 is 1.29 bits per heavy atom. The van der Waals surface area contributed by atoms with Gasteiger partial charge in [-0.05, 0) is 13.0 Å². The molecule has 0 bridgehead atoms. The van der Waals surface area contributed by atoms with E-state index in [2.05, 4.69) is 57.6 Å². The van der Waals surface area contributed by atoms with Crippen molar-refractivity contribution in [3.8, 4) is 0 Å². The van der Waals surface area contributed by atoms with E-state index < -0.39 is 0 Å². The van der Waals surface area contributed by atoms with E-state index in [0.717, 1.165) is 17.2 Å². The van der Waals surface area contributed by atoms with Crippen LogP contribution < -0.4 is 0 Å². The van der Waals surface area contributed by atoms with Gasteiger partial charge in [0.15, 0.2) is 0 Å². The molecule has 0 radical (unpaired) electrons. The summed E-state index contributed by atoms with van der Waals surface area (Å²) in [7, 11) is 0. The summed E-state index contributed by atoms with van der Waals surface area (Å²) in [4.78, 5) is 9.15. The van der Waals surface area contributed by atoms with Crippen molar-refractivity contribution in [3.63, 3.8) is 0 Å². The first-order valence-corrected chi connectivity index (χ1v) is 6.49. The van der Waals surface area contributed by atoms with Gasteiger partial charge in [0, 0.05) is 22.2 Å². The molecule has 17 heavy (non-hydrogen) atoms. The van der Waals surface area contributed by atoms with E-state index in [1.54, 1.807) is 0 Å². The second kappa shape index (κ2) is 4.56. The summed E-state index contributed by atoms with van der Waals surface area (Å²) in [6, 6.07) is 2.10. The van der Waals surface area contributed by atoms with Gasteiger partial charge in [-0.15, -0.1) is 11.6 Å². The normalized spacial score (nSPS) is 14.8. The predicted molar refractivity (Wildman–Crippen MR) is 73.7 cm³/mol. The standard InChI is InChI=1S/C14H23ClN2/c1-9(15)12-16-10(13(2,3)4)8-11(17-12)14(5,6)7/h8-9H,1-7H3. The summed E-state index contributed by atoms with van der Waals surface area (Å²) in [5.41, 5.74) is 2.15. The third-order valence-electron chi connectivity index (χ3n) is 2.64. The number of hydrogen-bond donors (Lipinski definition) is 0. The minimum Gasteiger partial charge on any atom is -0.236 e. The Morgan fingerprint density at radius 1 is 0.941 bits per heavy atom. The monoisotopic (exact) mass is 254 g/mol. The van der Waals surface area contributed by atoms with Crippen molar-refractivity contribution in [2.45, 2.75) is 64.7 Å². The Bertz CT molecular complexity index is 365. The second-order valence-electron chi connectivity index (χ2n) is 6.61. The topological polar surface area (TPSA) is 25.8 Å². The Morgan fingerprint density at radius 3 is 1.53 bits per heavy atom. The minimum atomic E-state index is -0.154. The van der Waals surface area contributed by atoms with E-state index in [1.807, 2.05) is 6.92 Å². The van der Waals surface area contributed by atoms with Crippen LogP contribution in [0.1, 0.15) is 71.1 Å². The van der Waals surface area contributed by atoms with Gasteiger partial charge in [0.05, 0.1) is 5.38 Å². The Kier molecular flexibility index (Phi) is 3.87. The van der Waals surface area contributed by atoms with Crippen LogP contribution in [0.3, 0.4) is 0 Å². The third-order valence-corrected chi connectivity index (χ3v) is 2.83. The van der Waals surface area contributed by atoms with Crippen LogP contribution in [0.4, 0.5) is 0 Å². The minimum absolute atomic E-state index is 0.0173. The van der Waals surface area contributed by atoms with Gasteiger partial charge in [0.2, 0.25) is 0 Å². The maximum absolute atomic E-state index is 6.12. The average molecular weight is 255 g/mol. The molecule has 0 aliphatic carbocycles. The van der Waals surface area contributed by atoms with E-state index in [4.69, 9.17) is 11.6 Å². The fraction of sp³-hybridized carbons (Fsp3) is 0.714. The van der Waals surface area contributed by atoms with Gasteiger partial charge in [0.25, 0.3) is 0 Å². The van der Waals surface area contributed by atoms with E-state index in [-0.39, 0.29) is 16.2 Å². The van der Waals surface area contributed by atoms with Gasteiger partial charge in [-0.3, -0.25) is 0 Å². The van der Waals surface area contributed by atoms with Crippen LogP contribution in [0.5, 0.6) is 0 Å². The second-order valence-corrected chi connectivity index (χ2v) is 7.27. The summed E-state index contributed by atoms with van der Waals surface area (Å²) in [6.07, 6.45) is 0. The molecule has 1 heterocycles. The molecular formula is C14H23ClN2. The Hall–Kier alpha value is -0.630. The molecule has 0 saturated carbocycles. The lowest BCUT2D eigenvalue weighted by atomic mass is 9.86. The first kappa shape index (κ1) is 14.4. The lowest BCUT2D eigenvalue weighted by molar-refractivity contribution is 0.530. The molecule has 0 fully saturated rings. The van der Waals surface area contributed by atoms with Crippen LogP contribution >= 0.6 is 11.6 Å². The lowest BCUT2D eigenvalue weighted by Crippen LogP contribution is -2.21. The zero-order valence-corrected chi connectivity index (χ0v) is 12.7. The highest BCUT2D eigenvalue weighted by atomic mass is 35.5. The maximum atomic E-state index is 6.12. The van der Waals surface area contributed by atoms with Gasteiger partial charge in [-0.25, -0.2) is 9.97 Å². The molecule has 0 N–H and O–H groups in total. The van der Waals surface area contributed by atoms with E-state index >= 15 is 0 Å². The summed E-state index contributed by atoms with van der Waals surface area (Å²) >= 11 is 6.12. The highest BCUT2D eigenvalue weighted by Crippen LogP contribution is 2.28. The number of nitrogens with zero attached hydrogens (tertiary/aromatic N) is 2. The van der Waals surface area contributed by atoms with Gasteiger partial charge in [0.1, 0.15) is 5.82 Å². The van der Waals surface area contributed by atoms with Crippen molar-refractivity contribution in [1.82, 2.24) is 9.97 Å². The Labute approximate surface area is 110 Å². The van der Waals surface area contributed by atoms with Crippen LogP contribution in [-0.4, -0.2) is 9.97 Å². The molecule has 0 aromatic carbocycles. The fourth-order valence-electron chi connectivity index (χ4n) is 1.41. The number of alkyl halides is 1. The summed E-state index contributed by atoms with van der Waals surface area (Å²) in [5.74, 6) is 0.726. The van der Waals surface area contributed by atoms with Crippen molar-refractivity contribution in [1.29, 1.82) is 0 Å². The first-order valence-electron chi connectivity index (χ1n) is 6.06. The highest BCUT2D eigenvalue weighted by Gasteiger charge is 2.23. The van der Waals surface area contributed by atoms with Crippen molar-refractivity contribution < 1.29 is 0 Å². The largest absolute Gasteiger partial charge is 0.236 e. The van der Waals surface area contributed by atoms with Gasteiger partial charge >= 0.3 is 0 Å². The smallest absolute Gasteiger partial charge is 0.146 e. The number of aromatic nitrogens is 2. The molecule has 1 unspecified atom stereocenters. The molecule has 2 nitrogen and oxygen atoms in total. The summed E-state index contributed by atoms with van der Waals surface area (Å²) in [5, 5.41) is -0.154. The number of halogens is 1. The van der Waals surface area contributed by atoms with Gasteiger partial charge < -0.3 is 0 Å². The average Bonchev–Trinajstić information content (AvgIpc) is 2.14. The van der Waals surface area contributed by atoms with E-state index in [9.17, 15) is 0 Å². The van der Waals surface area contributed by atoms with Crippen LogP contribution in [0.15, 0.2) is 6.07 Å². The van der Waals surface area contributed by atoms with Crippen LogP contribution in [0.2, 0.25) is 0 Å². The molecule has 0 amide bonds. The van der Waals surface area contributed by atoms with Crippen LogP contribution in [-0.2, 0) is 10.8 Å². The Balaban J connectivity index is 3.40. The van der Waals surface area contributed by atoms with E-state index in [0.29, 0.717) is 0 Å². The fourth-order valence-corrected chi connectivity index (χ4v) is 1.51. The molecule has 1 atom stereocenters. The molecule has 0 aliphatic rings. The molecule has 0 saturated heterocycles. The molecule has 1 aromatic rings. The maximum Gasteiger partial charge on any atom is 0.146 e. The lowest BCUT2D eigenvalue weighted by Gasteiger charge is -2.24. The zero-order chi connectivity index (χ0) is 13.4. The zero-order valence-electron chi connectivity index (χ0n) is 11.9. The van der Waals surface area contributed by atoms with Crippen molar-refractivity contribution in [3.05, 3.63) is 23.3 Å². The van der Waals surface area contributed by atoms with Crippen LogP contribution in [0.25, 0.3) is 0 Å². The highest BCUT2D eigenvalue weighted by molar-refractivity contribution is 6.20. The molecular weight excluding hydrogens is 232 g/mol. The number of hydrogen-bond acceptors (Lipinski definition) is 2. The predicted octanol–water partition coefficient (Wildman–Crippen LogP) is 4.37. The third kappa shape index (κ3) is 3.67. The van der Waals surface area contributed by atoms with Gasteiger partial charge in [-0.1, -0.05) is 41.5 Å². The first-order chi connectivity index (χ1) is 7.51. The molecule has 1 rings (SSSR count). The quantitative estimate of drug-likeness (QED) is 0.696. The molecule has 0 spiro atoms. The molecule has 3 heteroatoms. The van der Waals surface area contributed by atoms with Crippen molar-refractivity contribution in [2.24, 2.45) is 0 Å². The van der Waals surface area contributed by atoms with E-state index in [1.165, 1.54) is 0 Å². The molecule has 1 aromatic heterocycles. The SMILES string of the molecule is CC(Cl)c1nc(C(C)(C)C)cc(C(C)(C)C)n1. The number of rotatable bonds is 1. The van der Waals surface area contributed by atoms with Gasteiger partial charge in [-0.2, -0.15) is 0 Å². The van der Waals surface area contributed by atoms with Crippen molar-refractivity contribution in [2.75, 3.05) is 0 Å².